The van der Waals surface area contributed by atoms with Crippen molar-refractivity contribution in [3.63, 3.8) is 0 Å². The van der Waals surface area contributed by atoms with Crippen LogP contribution in [0.3, 0.4) is 0 Å². The van der Waals surface area contributed by atoms with Crippen LogP contribution in [0.2, 0.25) is 5.02 Å². The first-order valence-electron chi connectivity index (χ1n) is 4.74. The second kappa shape index (κ2) is 6.44. The fourth-order valence-electron chi connectivity index (χ4n) is 1.24. The molecule has 0 bridgehead atoms. The van der Waals surface area contributed by atoms with Crippen molar-refractivity contribution >= 4 is 40.2 Å². The van der Waals surface area contributed by atoms with Crippen LogP contribution in [0.5, 0.6) is 0 Å². The normalized spacial score (nSPS) is 10.7. The van der Waals surface area contributed by atoms with E-state index in [9.17, 15) is 13.6 Å². The van der Waals surface area contributed by atoms with Gasteiger partial charge < -0.3 is 4.74 Å². The van der Waals surface area contributed by atoms with Crippen LogP contribution in [-0.4, -0.2) is 17.6 Å². The maximum Gasteiger partial charge on any atom is 0.310 e. The van der Waals surface area contributed by atoms with Gasteiger partial charge in [-0.3, -0.25) is 4.79 Å². The molecule has 17 heavy (non-hydrogen) atoms. The first kappa shape index (κ1) is 14.6. The van der Waals surface area contributed by atoms with E-state index in [0.29, 0.717) is 3.70 Å². The molecule has 7 heteroatoms. The molecule has 1 rings (SSSR count). The summed E-state index contributed by atoms with van der Waals surface area (Å²) in [5.74, 6) is -0.598. The van der Waals surface area contributed by atoms with Gasteiger partial charge in [0.1, 0.15) is 9.39 Å². The van der Waals surface area contributed by atoms with Crippen molar-refractivity contribution in [2.45, 2.75) is 19.8 Å². The molecule has 0 saturated carbocycles. The zero-order valence-electron chi connectivity index (χ0n) is 8.84. The van der Waals surface area contributed by atoms with E-state index in [0.717, 1.165) is 0 Å². The Labute approximate surface area is 116 Å². The first-order chi connectivity index (χ1) is 7.95. The molecule has 0 N–H and O–H groups in total. The lowest BCUT2D eigenvalue weighted by atomic mass is 10.1. The average molecular weight is 376 g/mol. The van der Waals surface area contributed by atoms with Crippen molar-refractivity contribution < 1.29 is 18.3 Å². The van der Waals surface area contributed by atoms with Gasteiger partial charge in [-0.1, -0.05) is 11.6 Å². The number of hydrogen-bond acceptors (Lipinski definition) is 3. The predicted molar refractivity (Wildman–Crippen MR) is 67.3 cm³/mol. The van der Waals surface area contributed by atoms with E-state index >= 15 is 0 Å². The summed E-state index contributed by atoms with van der Waals surface area (Å²) in [6.07, 6.45) is -3.07. The summed E-state index contributed by atoms with van der Waals surface area (Å²) in [4.78, 5) is 15.0. The number of nitrogens with zero attached hydrogens (tertiary/aromatic N) is 1. The van der Waals surface area contributed by atoms with Crippen LogP contribution < -0.4 is 0 Å². The summed E-state index contributed by atoms with van der Waals surface area (Å²) >= 11 is 7.62. The summed E-state index contributed by atoms with van der Waals surface area (Å²) in [7, 11) is 0. The summed E-state index contributed by atoms with van der Waals surface area (Å²) in [6.45, 7) is 1.83. The van der Waals surface area contributed by atoms with Crippen LogP contribution in [0.25, 0.3) is 0 Å². The minimum Gasteiger partial charge on any atom is -0.466 e. The molecule has 1 aromatic rings. The molecule has 0 fully saturated rings. The molecule has 0 aromatic carbocycles. The SMILES string of the molecule is CCOC(=O)Cc1c(Cl)cc(I)nc1C(F)F. The number of esters is 1. The lowest BCUT2D eigenvalue weighted by molar-refractivity contribution is -0.142. The number of pyridine rings is 1. The Bertz CT molecular complexity index is 429. The molecule has 1 heterocycles. The molecule has 94 valence electrons. The van der Waals surface area contributed by atoms with Crippen LogP contribution >= 0.6 is 34.2 Å². The third-order valence-electron chi connectivity index (χ3n) is 1.90. The highest BCUT2D eigenvalue weighted by atomic mass is 127. The zero-order chi connectivity index (χ0) is 13.0. The summed E-state index contributed by atoms with van der Waals surface area (Å²) < 4.78 is 30.5. The van der Waals surface area contributed by atoms with Crippen LogP contribution in [0.4, 0.5) is 8.78 Å². The highest BCUT2D eigenvalue weighted by Gasteiger charge is 2.21. The van der Waals surface area contributed by atoms with E-state index in [1.165, 1.54) is 6.07 Å². The van der Waals surface area contributed by atoms with Crippen LogP contribution in [0.1, 0.15) is 24.6 Å². The summed E-state index contributed by atoms with van der Waals surface area (Å²) in [5.41, 5.74) is -0.435. The van der Waals surface area contributed by atoms with Crippen molar-refractivity contribution in [1.29, 1.82) is 0 Å². The Morgan fingerprint density at radius 1 is 1.65 bits per heavy atom. The van der Waals surface area contributed by atoms with Crippen LogP contribution in [-0.2, 0) is 16.0 Å². The van der Waals surface area contributed by atoms with Gasteiger partial charge in [-0.2, -0.15) is 0 Å². The fraction of sp³-hybridized carbons (Fsp3) is 0.400. The summed E-state index contributed by atoms with van der Waals surface area (Å²) in [5, 5.41) is 0.104. The van der Waals surface area contributed by atoms with Crippen molar-refractivity contribution in [3.05, 3.63) is 26.0 Å². The second-order valence-corrected chi connectivity index (χ2v) is 4.59. The number of carbonyl (C=O) groups is 1. The molecule has 0 amide bonds. The molecular weight excluding hydrogens is 366 g/mol. The van der Waals surface area contributed by atoms with E-state index in [1.807, 2.05) is 0 Å². The van der Waals surface area contributed by atoms with Gasteiger partial charge in [-0.15, -0.1) is 0 Å². The number of hydrogen-bond donors (Lipinski definition) is 0. The lowest BCUT2D eigenvalue weighted by Gasteiger charge is -2.10. The monoisotopic (exact) mass is 375 g/mol. The number of carbonyl (C=O) groups excluding carboxylic acids is 1. The Morgan fingerprint density at radius 3 is 2.82 bits per heavy atom. The third-order valence-corrected chi connectivity index (χ3v) is 2.79. The number of ether oxygens (including phenoxy) is 1. The van der Waals surface area contributed by atoms with Gasteiger partial charge in [0.25, 0.3) is 6.43 Å². The average Bonchev–Trinajstić information content (AvgIpc) is 2.21. The smallest absolute Gasteiger partial charge is 0.310 e. The Hall–Kier alpha value is -0.500. The van der Waals surface area contributed by atoms with E-state index in [-0.39, 0.29) is 23.6 Å². The summed E-state index contributed by atoms with van der Waals surface area (Å²) in [6, 6.07) is 1.43. The van der Waals surface area contributed by atoms with Gasteiger partial charge in [-0.05, 0) is 35.6 Å². The largest absolute Gasteiger partial charge is 0.466 e. The molecule has 0 spiro atoms. The van der Waals surface area contributed by atoms with Crippen LogP contribution in [0, 0.1) is 3.70 Å². The standard InChI is InChI=1S/C10H9ClF2INO2/c1-2-17-8(16)3-5-6(11)4-7(14)15-9(5)10(12)13/h4,10H,2-3H2,1H3. The minimum absolute atomic E-state index is 0.0283. The van der Waals surface area contributed by atoms with E-state index in [1.54, 1.807) is 29.5 Å². The second-order valence-electron chi connectivity index (χ2n) is 3.07. The van der Waals surface area contributed by atoms with Gasteiger partial charge in [-0.25, -0.2) is 13.8 Å². The van der Waals surface area contributed by atoms with E-state index < -0.39 is 18.1 Å². The van der Waals surface area contributed by atoms with Crippen molar-refractivity contribution in [1.82, 2.24) is 4.98 Å². The van der Waals surface area contributed by atoms with Crippen molar-refractivity contribution in [3.8, 4) is 0 Å². The number of rotatable bonds is 4. The van der Waals surface area contributed by atoms with E-state index in [4.69, 9.17) is 16.3 Å². The van der Waals surface area contributed by atoms with Crippen LogP contribution in [0.15, 0.2) is 6.07 Å². The molecule has 0 aliphatic rings. The molecule has 0 saturated heterocycles. The van der Waals surface area contributed by atoms with Gasteiger partial charge in [0.05, 0.1) is 13.0 Å². The highest BCUT2D eigenvalue weighted by molar-refractivity contribution is 14.1. The van der Waals surface area contributed by atoms with Crippen molar-refractivity contribution in [2.24, 2.45) is 0 Å². The number of alkyl halides is 2. The lowest BCUT2D eigenvalue weighted by Crippen LogP contribution is -2.11. The maximum absolute atomic E-state index is 12.7. The maximum atomic E-state index is 12.7. The number of halogens is 4. The topological polar surface area (TPSA) is 39.2 Å². The highest BCUT2D eigenvalue weighted by Crippen LogP contribution is 2.28. The molecule has 0 unspecified atom stereocenters. The molecular formula is C10H9ClF2INO2. The molecule has 0 radical (unpaired) electrons. The van der Waals surface area contributed by atoms with E-state index in [2.05, 4.69) is 4.98 Å². The molecule has 3 nitrogen and oxygen atoms in total. The predicted octanol–water partition coefficient (Wildman–Crippen LogP) is 3.38. The Kier molecular flexibility index (Phi) is 5.51. The molecule has 1 aromatic heterocycles. The molecule has 0 aliphatic carbocycles. The first-order valence-corrected chi connectivity index (χ1v) is 6.20. The molecule has 0 atom stereocenters. The minimum atomic E-state index is -2.77. The Morgan fingerprint density at radius 2 is 2.29 bits per heavy atom. The Balaban J connectivity index is 3.08. The van der Waals surface area contributed by atoms with Gasteiger partial charge in [0, 0.05) is 10.6 Å². The van der Waals surface area contributed by atoms with Gasteiger partial charge in [0.2, 0.25) is 0 Å². The quantitative estimate of drug-likeness (QED) is 0.460. The third kappa shape index (κ3) is 4.02. The van der Waals surface area contributed by atoms with Crippen molar-refractivity contribution in [2.75, 3.05) is 6.61 Å². The fourth-order valence-corrected chi connectivity index (χ4v) is 2.26. The number of aromatic nitrogens is 1. The zero-order valence-corrected chi connectivity index (χ0v) is 11.8. The van der Waals surface area contributed by atoms with Gasteiger partial charge >= 0.3 is 5.97 Å². The molecule has 0 aliphatic heterocycles. The van der Waals surface area contributed by atoms with Gasteiger partial charge in [0.15, 0.2) is 0 Å².